The maximum atomic E-state index is 6.40. The lowest BCUT2D eigenvalue weighted by Gasteiger charge is -2.26. The standard InChI is InChI=1S/C32H43NO/c1-2-3-4-5-6-7-8-9-10-11-12-21-28-34-33(30-24-17-14-18-25-30)32-27-20-19-26-31(32)29-22-15-13-16-23-29/h13-20,22-27H,2-12,21,28H2,1H3. The van der Waals surface area contributed by atoms with Crippen molar-refractivity contribution in [1.82, 2.24) is 0 Å². The van der Waals surface area contributed by atoms with Crippen molar-refractivity contribution < 1.29 is 4.84 Å². The molecule has 3 aromatic rings. The number of hydrogen-bond acceptors (Lipinski definition) is 2. The molecular formula is C32H43NO. The second-order valence-corrected chi connectivity index (χ2v) is 9.24. The normalized spacial score (nSPS) is 11.0. The van der Waals surface area contributed by atoms with Crippen LogP contribution in [0.15, 0.2) is 84.9 Å². The molecule has 3 rings (SSSR count). The first-order valence-corrected chi connectivity index (χ1v) is 13.5. The monoisotopic (exact) mass is 457 g/mol. The summed E-state index contributed by atoms with van der Waals surface area (Å²) in [6.07, 6.45) is 16.2. The lowest BCUT2D eigenvalue weighted by Crippen LogP contribution is -2.19. The van der Waals surface area contributed by atoms with E-state index in [0.717, 1.165) is 24.4 Å². The molecule has 0 saturated carbocycles. The average Bonchev–Trinajstić information content (AvgIpc) is 2.90. The molecule has 0 atom stereocenters. The Kier molecular flexibility index (Phi) is 12.3. The quantitative estimate of drug-likeness (QED) is 0.148. The highest BCUT2D eigenvalue weighted by Crippen LogP contribution is 2.35. The zero-order valence-electron chi connectivity index (χ0n) is 21.1. The van der Waals surface area contributed by atoms with Crippen LogP contribution in [0.3, 0.4) is 0 Å². The summed E-state index contributed by atoms with van der Waals surface area (Å²) in [5.74, 6) is 0. The van der Waals surface area contributed by atoms with Gasteiger partial charge in [-0.25, -0.2) is 5.06 Å². The molecule has 2 nitrogen and oxygen atoms in total. The Morgan fingerprint density at radius 1 is 0.529 bits per heavy atom. The summed E-state index contributed by atoms with van der Waals surface area (Å²) in [4.78, 5) is 6.40. The predicted molar refractivity (Wildman–Crippen MR) is 147 cm³/mol. The van der Waals surface area contributed by atoms with Gasteiger partial charge >= 0.3 is 0 Å². The molecule has 0 spiro atoms. The predicted octanol–water partition coefficient (Wildman–Crippen LogP) is 10.1. The van der Waals surface area contributed by atoms with Crippen LogP contribution < -0.4 is 5.06 Å². The molecule has 0 aliphatic carbocycles. The van der Waals surface area contributed by atoms with Gasteiger partial charge in [0.25, 0.3) is 0 Å². The van der Waals surface area contributed by atoms with Crippen LogP contribution in [-0.4, -0.2) is 6.61 Å². The molecule has 0 amide bonds. The zero-order chi connectivity index (χ0) is 23.7. The molecule has 34 heavy (non-hydrogen) atoms. The Morgan fingerprint density at radius 3 is 1.65 bits per heavy atom. The van der Waals surface area contributed by atoms with Gasteiger partial charge in [-0.1, -0.05) is 144 Å². The third-order valence-corrected chi connectivity index (χ3v) is 6.42. The minimum Gasteiger partial charge on any atom is -0.269 e. The first kappa shape index (κ1) is 26.0. The number of unbranched alkanes of at least 4 members (excludes halogenated alkanes) is 11. The van der Waals surface area contributed by atoms with Crippen LogP contribution in [0.2, 0.25) is 0 Å². The maximum Gasteiger partial charge on any atom is 0.0773 e. The highest BCUT2D eigenvalue weighted by atomic mass is 16.7. The zero-order valence-corrected chi connectivity index (χ0v) is 21.1. The van der Waals surface area contributed by atoms with Crippen molar-refractivity contribution in [1.29, 1.82) is 0 Å². The van der Waals surface area contributed by atoms with Gasteiger partial charge in [0, 0.05) is 5.56 Å². The molecule has 0 bridgehead atoms. The molecule has 0 aromatic heterocycles. The van der Waals surface area contributed by atoms with Crippen molar-refractivity contribution in [2.24, 2.45) is 0 Å². The van der Waals surface area contributed by atoms with Gasteiger partial charge in [0.15, 0.2) is 0 Å². The lowest BCUT2D eigenvalue weighted by atomic mass is 10.0. The molecule has 0 unspecified atom stereocenters. The van der Waals surface area contributed by atoms with Crippen molar-refractivity contribution in [3.63, 3.8) is 0 Å². The van der Waals surface area contributed by atoms with Crippen molar-refractivity contribution in [3.05, 3.63) is 84.9 Å². The molecule has 0 heterocycles. The second-order valence-electron chi connectivity index (χ2n) is 9.24. The van der Waals surface area contributed by atoms with E-state index in [0.29, 0.717) is 0 Å². The van der Waals surface area contributed by atoms with Crippen LogP contribution in [0.4, 0.5) is 11.4 Å². The Hall–Kier alpha value is -2.58. The highest BCUT2D eigenvalue weighted by molar-refractivity contribution is 5.81. The number of benzene rings is 3. The fourth-order valence-electron chi connectivity index (χ4n) is 4.46. The Balaban J connectivity index is 1.46. The summed E-state index contributed by atoms with van der Waals surface area (Å²) in [5, 5.41) is 2.01. The van der Waals surface area contributed by atoms with E-state index in [9.17, 15) is 0 Å². The summed E-state index contributed by atoms with van der Waals surface area (Å²) in [6, 6.07) is 29.5. The van der Waals surface area contributed by atoms with Gasteiger partial charge in [0.2, 0.25) is 0 Å². The largest absolute Gasteiger partial charge is 0.269 e. The number of para-hydroxylation sites is 2. The highest BCUT2D eigenvalue weighted by Gasteiger charge is 2.15. The van der Waals surface area contributed by atoms with Crippen molar-refractivity contribution in [2.45, 2.75) is 84.0 Å². The first-order valence-electron chi connectivity index (χ1n) is 13.5. The summed E-state index contributed by atoms with van der Waals surface area (Å²) < 4.78 is 0. The van der Waals surface area contributed by atoms with E-state index in [2.05, 4.69) is 91.9 Å². The Morgan fingerprint density at radius 2 is 1.03 bits per heavy atom. The summed E-state index contributed by atoms with van der Waals surface area (Å²) >= 11 is 0. The number of hydrogen-bond donors (Lipinski definition) is 0. The summed E-state index contributed by atoms with van der Waals surface area (Å²) in [6.45, 7) is 3.02. The minimum absolute atomic E-state index is 0.732. The fraction of sp³-hybridized carbons (Fsp3) is 0.438. The van der Waals surface area contributed by atoms with Gasteiger partial charge in [-0.3, -0.25) is 4.84 Å². The molecule has 0 aliphatic heterocycles. The van der Waals surface area contributed by atoms with Gasteiger partial charge in [0.1, 0.15) is 0 Å². The van der Waals surface area contributed by atoms with Crippen LogP contribution in [0.25, 0.3) is 11.1 Å². The van der Waals surface area contributed by atoms with Crippen LogP contribution in [0.1, 0.15) is 84.0 Å². The second kappa shape index (κ2) is 16.1. The third kappa shape index (κ3) is 8.99. The lowest BCUT2D eigenvalue weighted by molar-refractivity contribution is 0.131. The van der Waals surface area contributed by atoms with Crippen LogP contribution >= 0.6 is 0 Å². The topological polar surface area (TPSA) is 12.5 Å². The maximum absolute atomic E-state index is 6.40. The smallest absolute Gasteiger partial charge is 0.0773 e. The summed E-state index contributed by atoms with van der Waals surface area (Å²) in [5.41, 5.74) is 4.53. The number of rotatable bonds is 17. The van der Waals surface area contributed by atoms with Crippen molar-refractivity contribution in [2.75, 3.05) is 11.7 Å². The Bertz CT molecular complexity index is 893. The van der Waals surface area contributed by atoms with Crippen molar-refractivity contribution in [3.8, 4) is 11.1 Å². The van der Waals surface area contributed by atoms with E-state index in [1.54, 1.807) is 0 Å². The number of nitrogens with zero attached hydrogens (tertiary/aromatic N) is 1. The van der Waals surface area contributed by atoms with Crippen molar-refractivity contribution >= 4 is 11.4 Å². The molecule has 0 fully saturated rings. The molecule has 0 radical (unpaired) electrons. The van der Waals surface area contributed by atoms with E-state index >= 15 is 0 Å². The Labute approximate surface area is 207 Å². The molecule has 3 aromatic carbocycles. The van der Waals surface area contributed by atoms with Crippen LogP contribution in [-0.2, 0) is 4.84 Å². The van der Waals surface area contributed by atoms with E-state index in [-0.39, 0.29) is 0 Å². The van der Waals surface area contributed by atoms with Gasteiger partial charge in [-0.05, 0) is 30.2 Å². The van der Waals surface area contributed by atoms with Gasteiger partial charge in [-0.2, -0.15) is 0 Å². The van der Waals surface area contributed by atoms with E-state index in [1.165, 1.54) is 81.8 Å². The molecular weight excluding hydrogens is 414 g/mol. The molecule has 182 valence electrons. The van der Waals surface area contributed by atoms with E-state index < -0.39 is 0 Å². The SMILES string of the molecule is CCCCCCCCCCCCCCON(c1ccccc1)c1ccccc1-c1ccccc1. The first-order chi connectivity index (χ1) is 16.9. The van der Waals surface area contributed by atoms with Gasteiger partial charge in [0.05, 0.1) is 18.0 Å². The molecule has 0 N–H and O–H groups in total. The molecule has 0 aliphatic rings. The summed E-state index contributed by atoms with van der Waals surface area (Å²) in [7, 11) is 0. The molecule has 0 saturated heterocycles. The number of anilines is 2. The van der Waals surface area contributed by atoms with Crippen LogP contribution in [0, 0.1) is 0 Å². The third-order valence-electron chi connectivity index (χ3n) is 6.42. The average molecular weight is 458 g/mol. The van der Waals surface area contributed by atoms with E-state index in [4.69, 9.17) is 4.84 Å². The van der Waals surface area contributed by atoms with Gasteiger partial charge < -0.3 is 0 Å². The fourth-order valence-corrected chi connectivity index (χ4v) is 4.46. The van der Waals surface area contributed by atoms with E-state index in [1.807, 2.05) is 5.06 Å². The van der Waals surface area contributed by atoms with Crippen LogP contribution in [0.5, 0.6) is 0 Å². The molecule has 2 heteroatoms. The minimum atomic E-state index is 0.732. The van der Waals surface area contributed by atoms with Gasteiger partial charge in [-0.15, -0.1) is 0 Å².